The Labute approximate surface area is 487 Å². The first kappa shape index (κ1) is 74.2. The molecule has 32 heteroatoms. The largest absolute Gasteiger partial charge is 0.462 e. The van der Waals surface area contributed by atoms with Crippen LogP contribution in [0.3, 0.4) is 0 Å². The average molecular weight is 1200 g/mol. The third-order valence-corrected chi connectivity index (χ3v) is 12.7. The van der Waals surface area contributed by atoms with Gasteiger partial charge in [-0.1, -0.05) is 59.1 Å². The molecule has 32 nitrogen and oxygen atoms in total. The van der Waals surface area contributed by atoms with Gasteiger partial charge in [-0.3, -0.25) is 82.7 Å². The lowest BCUT2D eigenvalue weighted by Gasteiger charge is -2.27. The van der Waals surface area contributed by atoms with Crippen LogP contribution in [-0.4, -0.2) is 213 Å². The Kier molecular flexibility index (Phi) is 35.7. The number of carbonyl (C=O) groups excluding carboxylic acids is 14. The maximum absolute atomic E-state index is 14.0. The molecule has 0 aromatic carbocycles. The predicted molar refractivity (Wildman–Crippen MR) is 293 cm³/mol. The summed E-state index contributed by atoms with van der Waals surface area (Å²) in [7, 11) is 0. The number of nitrogens with zero attached hydrogens (tertiary/aromatic N) is 3. The minimum absolute atomic E-state index is 0.0659. The Morgan fingerprint density at radius 2 is 1.07 bits per heavy atom. The SMILES string of the molecule is CCCCCCC=CCC(=O)NC1COC(=O)CNC(=O)C(CCCN(O)C(=O)CC)NC(=O)CNC(=O)C(C)NC(=O)C(CCCN(O)C(C)=O)NC(=O)C(CO)NC(=O)C(C(C)C)NC(=O)CNC(=O)C(CCCN(O)C(C)=O)NC1=O. The van der Waals surface area contributed by atoms with Crippen molar-refractivity contribution < 1.29 is 92.6 Å². The molecule has 0 saturated carbocycles. The highest BCUT2D eigenvalue weighted by atomic mass is 16.5. The van der Waals surface area contributed by atoms with E-state index in [9.17, 15) is 87.9 Å². The van der Waals surface area contributed by atoms with Crippen LogP contribution in [-0.2, 0) is 71.9 Å². The second-order valence-corrected chi connectivity index (χ2v) is 20.1. The first-order valence-corrected chi connectivity index (χ1v) is 27.9. The number of allylic oxidation sites excluding steroid dienone is 1. The Balaban J connectivity index is 3.80. The number of nitrogens with one attached hydrogen (secondary N) is 10. The Hall–Kier alpha value is -7.84. The van der Waals surface area contributed by atoms with E-state index in [4.69, 9.17) is 4.74 Å². The highest BCUT2D eigenvalue weighted by molar-refractivity contribution is 5.98. The molecular formula is C52H87N13O19. The summed E-state index contributed by atoms with van der Waals surface area (Å²) in [6, 6.07) is -11.0. The van der Waals surface area contributed by atoms with Gasteiger partial charge in [0.15, 0.2) is 0 Å². The molecule has 0 aliphatic carbocycles. The summed E-state index contributed by atoms with van der Waals surface area (Å²) in [5, 5.41) is 64.9. The summed E-state index contributed by atoms with van der Waals surface area (Å²) in [6.07, 6.45) is 6.33. The van der Waals surface area contributed by atoms with E-state index < -0.39 is 164 Å². The molecule has 14 N–H and O–H groups in total. The fraction of sp³-hybridized carbons (Fsp3) is 0.692. The summed E-state index contributed by atoms with van der Waals surface area (Å²) >= 11 is 0. The number of unbranched alkanes of at least 4 members (excludes halogenated alkanes) is 4. The smallest absolute Gasteiger partial charge is 0.325 e. The first-order valence-electron chi connectivity index (χ1n) is 27.9. The number of ether oxygens (including phenoxy) is 1. The van der Waals surface area contributed by atoms with Gasteiger partial charge in [-0.05, 0) is 64.2 Å². The molecule has 0 aromatic heterocycles. The van der Waals surface area contributed by atoms with E-state index in [2.05, 4.69) is 60.1 Å². The van der Waals surface area contributed by atoms with Crippen LogP contribution >= 0.6 is 0 Å². The number of amides is 13. The molecule has 13 amide bonds. The molecule has 1 saturated heterocycles. The van der Waals surface area contributed by atoms with E-state index in [1.54, 1.807) is 12.2 Å². The van der Waals surface area contributed by atoms with Crippen LogP contribution in [0.2, 0.25) is 0 Å². The second kappa shape index (κ2) is 40.4. The highest BCUT2D eigenvalue weighted by Crippen LogP contribution is 2.09. The fourth-order valence-electron chi connectivity index (χ4n) is 7.70. The molecule has 0 radical (unpaired) electrons. The van der Waals surface area contributed by atoms with Gasteiger partial charge in [-0.15, -0.1) is 0 Å². The number of aliphatic hydroxyl groups is 1. The quantitative estimate of drug-likeness (QED) is 0.0154. The van der Waals surface area contributed by atoms with Crippen molar-refractivity contribution in [1.82, 2.24) is 68.4 Å². The molecule has 1 aliphatic rings. The third-order valence-electron chi connectivity index (χ3n) is 12.7. The number of hydrogen-bond donors (Lipinski definition) is 14. The number of aliphatic hydroxyl groups excluding tert-OH is 1. The van der Waals surface area contributed by atoms with Gasteiger partial charge >= 0.3 is 5.97 Å². The summed E-state index contributed by atoms with van der Waals surface area (Å²) in [5.74, 6) is -14.0. The number of hydroxylamine groups is 6. The second-order valence-electron chi connectivity index (χ2n) is 20.1. The molecule has 1 heterocycles. The molecule has 0 aromatic rings. The molecule has 84 heavy (non-hydrogen) atoms. The van der Waals surface area contributed by atoms with Gasteiger partial charge in [-0.2, -0.15) is 0 Å². The molecule has 1 aliphatic heterocycles. The van der Waals surface area contributed by atoms with Crippen molar-refractivity contribution in [3.05, 3.63) is 12.2 Å². The van der Waals surface area contributed by atoms with Crippen LogP contribution < -0.4 is 53.2 Å². The number of hydrogen-bond acceptors (Lipinski definition) is 19. The maximum atomic E-state index is 14.0. The zero-order chi connectivity index (χ0) is 63.5. The van der Waals surface area contributed by atoms with Crippen molar-refractivity contribution >= 4 is 82.8 Å². The van der Waals surface area contributed by atoms with E-state index in [0.29, 0.717) is 21.6 Å². The number of rotatable bonds is 23. The van der Waals surface area contributed by atoms with Crippen molar-refractivity contribution in [3.63, 3.8) is 0 Å². The number of carbonyl (C=O) groups is 14. The monoisotopic (exact) mass is 1200 g/mol. The van der Waals surface area contributed by atoms with Gasteiger partial charge in [0.1, 0.15) is 55.4 Å². The van der Waals surface area contributed by atoms with Gasteiger partial charge in [0.05, 0.1) is 19.7 Å². The number of cyclic esters (lactones) is 1. The van der Waals surface area contributed by atoms with E-state index >= 15 is 0 Å². The molecule has 474 valence electrons. The van der Waals surface area contributed by atoms with Gasteiger partial charge in [0.25, 0.3) is 0 Å². The van der Waals surface area contributed by atoms with E-state index in [-0.39, 0.29) is 71.0 Å². The van der Waals surface area contributed by atoms with Crippen molar-refractivity contribution in [2.24, 2.45) is 5.92 Å². The topological polar surface area (TPSA) is 459 Å². The minimum Gasteiger partial charge on any atom is -0.462 e. The van der Waals surface area contributed by atoms with E-state index in [1.165, 1.54) is 27.7 Å². The van der Waals surface area contributed by atoms with E-state index in [1.807, 2.05) is 0 Å². The van der Waals surface area contributed by atoms with Crippen LogP contribution in [0.25, 0.3) is 0 Å². The summed E-state index contributed by atoms with van der Waals surface area (Å²) in [6.45, 7) is 4.40. The van der Waals surface area contributed by atoms with Crippen molar-refractivity contribution in [2.45, 2.75) is 174 Å². The fourth-order valence-corrected chi connectivity index (χ4v) is 7.70. The lowest BCUT2D eigenvalue weighted by Crippen LogP contribution is -2.60. The molecule has 1 rings (SSSR count). The van der Waals surface area contributed by atoms with Crippen LogP contribution in [0.1, 0.15) is 132 Å². The first-order chi connectivity index (χ1) is 39.6. The van der Waals surface area contributed by atoms with Crippen molar-refractivity contribution in [3.8, 4) is 0 Å². The van der Waals surface area contributed by atoms with Crippen LogP contribution in [0.15, 0.2) is 12.2 Å². The summed E-state index contributed by atoms with van der Waals surface area (Å²) < 4.78 is 5.30. The van der Waals surface area contributed by atoms with Gasteiger partial charge in [-0.25, -0.2) is 15.2 Å². The molecule has 7 atom stereocenters. The van der Waals surface area contributed by atoms with Gasteiger partial charge < -0.3 is 63.0 Å². The maximum Gasteiger partial charge on any atom is 0.325 e. The standard InChI is InChI=1S/C52H87N13O19/c1-8-10-11-12-13-14-15-22-40(69)58-39-30-84-44(73)28-55-47(75)35(19-18-25-65(83)43(72)9-2)57-41(70)26-53-46(74)32(5)56-49(77)37(21-17-24-64(82)34(7)68)60-50(78)38(29-66)61-52(80)45(31(3)4)62-42(71)27-54-48(76)36(59-51(39)79)20-16-23-63(81)33(6)67/h14-15,31-32,35-39,45,66,81-83H,8-13,16-30H2,1-7H3,(H,53,74)(H,54,76)(H,55,75)(H,56,77)(H,57,70)(H,58,69)(H,59,79)(H,60,78)(H,61,80)(H,62,71). The molecular weight excluding hydrogens is 1110 g/mol. The van der Waals surface area contributed by atoms with Crippen LogP contribution in [0, 0.1) is 5.92 Å². The molecule has 0 spiro atoms. The molecule has 1 fully saturated rings. The third kappa shape index (κ3) is 29.9. The van der Waals surface area contributed by atoms with Gasteiger partial charge in [0.2, 0.25) is 76.8 Å². The summed E-state index contributed by atoms with van der Waals surface area (Å²) in [5.41, 5.74) is 0. The minimum atomic E-state index is -1.79. The highest BCUT2D eigenvalue weighted by Gasteiger charge is 2.34. The van der Waals surface area contributed by atoms with Crippen molar-refractivity contribution in [1.29, 1.82) is 0 Å². The average Bonchev–Trinajstić information content (AvgIpc) is 3.62. The Morgan fingerprint density at radius 3 is 1.61 bits per heavy atom. The zero-order valence-electron chi connectivity index (χ0n) is 48.9. The van der Waals surface area contributed by atoms with E-state index in [0.717, 1.165) is 39.5 Å². The van der Waals surface area contributed by atoms with Gasteiger partial charge in [0, 0.05) is 46.3 Å². The zero-order valence-corrected chi connectivity index (χ0v) is 48.9. The van der Waals surface area contributed by atoms with Crippen LogP contribution in [0.4, 0.5) is 0 Å². The van der Waals surface area contributed by atoms with Crippen molar-refractivity contribution in [2.75, 3.05) is 52.5 Å². The Bertz CT molecular complexity index is 2290. The number of esters is 1. The molecule has 0 bridgehead atoms. The summed E-state index contributed by atoms with van der Waals surface area (Å²) in [4.78, 5) is 184. The predicted octanol–water partition coefficient (Wildman–Crippen LogP) is -3.69. The Morgan fingerprint density at radius 1 is 0.583 bits per heavy atom. The lowest BCUT2D eigenvalue weighted by molar-refractivity contribution is -0.165. The molecule has 7 unspecified atom stereocenters. The lowest BCUT2D eigenvalue weighted by atomic mass is 10.0. The normalized spacial score (nSPS) is 21.8. The van der Waals surface area contributed by atoms with Crippen LogP contribution in [0.5, 0.6) is 0 Å².